The summed E-state index contributed by atoms with van der Waals surface area (Å²) < 4.78 is 0. The average molecular weight is 389 g/mol. The van der Waals surface area contributed by atoms with E-state index in [4.69, 9.17) is 0 Å². The van der Waals surface area contributed by atoms with Crippen molar-refractivity contribution >= 4 is 28.9 Å². The number of nitrogens with two attached hydrogens (primary N) is 1. The second-order valence-electron chi connectivity index (χ2n) is 6.67. The number of carboxylic acids is 1. The van der Waals surface area contributed by atoms with Crippen LogP contribution in [-0.2, 0) is 16.1 Å². The van der Waals surface area contributed by atoms with Crippen molar-refractivity contribution in [2.75, 3.05) is 10.6 Å². The zero-order valence-corrected chi connectivity index (χ0v) is 15.9. The van der Waals surface area contributed by atoms with Gasteiger partial charge in [-0.3, -0.25) is 4.79 Å². The first-order chi connectivity index (χ1) is 14.1. The number of carboxylic acid groups (broad SMARTS) is 1. The van der Waals surface area contributed by atoms with E-state index in [1.165, 1.54) is 0 Å². The number of carbonyl (C=O) groups excluding carboxylic acids is 2. The van der Waals surface area contributed by atoms with Gasteiger partial charge in [-0.15, -0.1) is 0 Å². The van der Waals surface area contributed by atoms with Crippen LogP contribution in [0.15, 0.2) is 84.9 Å². The largest absolute Gasteiger partial charge is 0.544 e. The topological polar surface area (TPSA) is 97.9 Å². The summed E-state index contributed by atoms with van der Waals surface area (Å²) in [6, 6.07) is 25.5. The SMILES string of the molecule is O=C(C[C@@H]([NH2+]Cc1ccccc1)C(=O)[O-])Nc1ccc(Nc2ccccc2)cc1. The van der Waals surface area contributed by atoms with E-state index in [0.717, 1.165) is 16.9 Å². The van der Waals surface area contributed by atoms with E-state index in [9.17, 15) is 14.7 Å². The van der Waals surface area contributed by atoms with Crippen LogP contribution >= 0.6 is 0 Å². The van der Waals surface area contributed by atoms with Crippen LogP contribution < -0.4 is 21.1 Å². The van der Waals surface area contributed by atoms with E-state index in [1.807, 2.05) is 72.8 Å². The molecule has 0 heterocycles. The fraction of sp³-hybridized carbons (Fsp3) is 0.130. The molecule has 0 bridgehead atoms. The zero-order valence-electron chi connectivity index (χ0n) is 15.9. The van der Waals surface area contributed by atoms with Gasteiger partial charge < -0.3 is 25.9 Å². The Morgan fingerprint density at radius 2 is 1.34 bits per heavy atom. The van der Waals surface area contributed by atoms with Crippen molar-refractivity contribution in [3.63, 3.8) is 0 Å². The van der Waals surface area contributed by atoms with Gasteiger partial charge in [-0.2, -0.15) is 0 Å². The number of carbonyl (C=O) groups is 2. The third-order valence-corrected chi connectivity index (χ3v) is 4.42. The zero-order chi connectivity index (χ0) is 20.5. The van der Waals surface area contributed by atoms with Crippen molar-refractivity contribution in [2.24, 2.45) is 0 Å². The number of para-hydroxylation sites is 1. The molecule has 148 valence electrons. The number of amides is 1. The Kier molecular flexibility index (Phi) is 6.97. The molecule has 29 heavy (non-hydrogen) atoms. The number of anilines is 3. The number of nitrogens with one attached hydrogen (secondary N) is 2. The molecule has 1 atom stereocenters. The Hall–Kier alpha value is -3.64. The third-order valence-electron chi connectivity index (χ3n) is 4.42. The summed E-state index contributed by atoms with van der Waals surface area (Å²) in [4.78, 5) is 23.7. The molecule has 0 fully saturated rings. The molecule has 6 heteroatoms. The third kappa shape index (κ3) is 6.48. The number of hydrogen-bond donors (Lipinski definition) is 3. The van der Waals surface area contributed by atoms with Crippen molar-refractivity contribution in [1.82, 2.24) is 0 Å². The molecule has 0 aliphatic rings. The summed E-state index contributed by atoms with van der Waals surface area (Å²) in [7, 11) is 0. The summed E-state index contributed by atoms with van der Waals surface area (Å²) in [5.41, 5.74) is 3.45. The highest BCUT2D eigenvalue weighted by Crippen LogP contribution is 2.18. The molecule has 3 rings (SSSR count). The molecule has 0 aromatic heterocycles. The molecule has 4 N–H and O–H groups in total. The lowest BCUT2D eigenvalue weighted by molar-refractivity contribution is -0.697. The van der Waals surface area contributed by atoms with Crippen molar-refractivity contribution in [1.29, 1.82) is 0 Å². The van der Waals surface area contributed by atoms with Gasteiger partial charge in [0.25, 0.3) is 0 Å². The minimum Gasteiger partial charge on any atom is -0.544 e. The number of hydrogen-bond acceptors (Lipinski definition) is 4. The molecular weight excluding hydrogens is 366 g/mol. The molecule has 1 amide bonds. The van der Waals surface area contributed by atoms with Crippen LogP contribution in [0.25, 0.3) is 0 Å². The Bertz CT molecular complexity index is 929. The quantitative estimate of drug-likeness (QED) is 0.518. The first-order valence-electron chi connectivity index (χ1n) is 9.40. The van der Waals surface area contributed by atoms with Crippen LogP contribution in [-0.4, -0.2) is 17.9 Å². The molecule has 0 radical (unpaired) electrons. The monoisotopic (exact) mass is 389 g/mol. The molecule has 0 spiro atoms. The van der Waals surface area contributed by atoms with Crippen molar-refractivity contribution < 1.29 is 20.0 Å². The Morgan fingerprint density at radius 1 is 0.793 bits per heavy atom. The van der Waals surface area contributed by atoms with Gasteiger partial charge >= 0.3 is 0 Å². The number of rotatable bonds is 9. The maximum atomic E-state index is 12.3. The van der Waals surface area contributed by atoms with Crippen LogP contribution in [0.3, 0.4) is 0 Å². The van der Waals surface area contributed by atoms with Gasteiger partial charge in [0.15, 0.2) is 0 Å². The standard InChI is InChI=1S/C23H23N3O3/c27-22(15-21(23(28)29)24-16-17-7-3-1-4-8-17)26-20-13-11-19(12-14-20)25-18-9-5-2-6-10-18/h1-14,21,24-25H,15-16H2,(H,26,27)(H,28,29)/t21-/m1/s1. The van der Waals surface area contributed by atoms with E-state index in [1.54, 1.807) is 17.4 Å². The molecule has 0 aliphatic carbocycles. The molecular formula is C23H23N3O3. The fourth-order valence-electron chi connectivity index (χ4n) is 2.89. The van der Waals surface area contributed by atoms with Crippen LogP contribution in [0.2, 0.25) is 0 Å². The van der Waals surface area contributed by atoms with Gasteiger partial charge in [0.2, 0.25) is 5.91 Å². The lowest BCUT2D eigenvalue weighted by atomic mass is 10.1. The van der Waals surface area contributed by atoms with Crippen molar-refractivity contribution in [3.05, 3.63) is 90.5 Å². The highest BCUT2D eigenvalue weighted by molar-refractivity contribution is 5.93. The summed E-state index contributed by atoms with van der Waals surface area (Å²) in [5.74, 6) is -1.62. The van der Waals surface area contributed by atoms with Gasteiger partial charge in [-0.1, -0.05) is 48.5 Å². The van der Waals surface area contributed by atoms with E-state index in [-0.39, 0.29) is 12.3 Å². The predicted octanol–water partition coefficient (Wildman–Crippen LogP) is 1.64. The predicted molar refractivity (Wildman–Crippen MR) is 110 cm³/mol. The minimum absolute atomic E-state index is 0.167. The fourth-order valence-corrected chi connectivity index (χ4v) is 2.89. The van der Waals surface area contributed by atoms with Gasteiger partial charge in [0.1, 0.15) is 12.6 Å². The second kappa shape index (κ2) is 10.1. The van der Waals surface area contributed by atoms with Crippen LogP contribution in [0.4, 0.5) is 17.1 Å². The summed E-state index contributed by atoms with van der Waals surface area (Å²) >= 11 is 0. The Morgan fingerprint density at radius 3 is 1.97 bits per heavy atom. The number of benzene rings is 3. The van der Waals surface area contributed by atoms with Crippen LogP contribution in [0.1, 0.15) is 12.0 Å². The molecule has 0 saturated heterocycles. The number of aliphatic carboxylic acids is 1. The Balaban J connectivity index is 1.52. The summed E-state index contributed by atoms with van der Waals surface area (Å²) in [6.45, 7) is 0.465. The van der Waals surface area contributed by atoms with E-state index >= 15 is 0 Å². The van der Waals surface area contributed by atoms with E-state index < -0.39 is 12.0 Å². The number of quaternary nitrogens is 1. The van der Waals surface area contributed by atoms with Crippen LogP contribution in [0.5, 0.6) is 0 Å². The van der Waals surface area contributed by atoms with Crippen LogP contribution in [0, 0.1) is 0 Å². The molecule has 3 aromatic carbocycles. The first kappa shape index (κ1) is 20.1. The second-order valence-corrected chi connectivity index (χ2v) is 6.67. The average Bonchev–Trinajstić information content (AvgIpc) is 2.74. The van der Waals surface area contributed by atoms with E-state index in [0.29, 0.717) is 12.2 Å². The first-order valence-corrected chi connectivity index (χ1v) is 9.40. The summed E-state index contributed by atoms with van der Waals surface area (Å²) in [6.07, 6.45) is -0.167. The molecule has 0 aliphatic heterocycles. The van der Waals surface area contributed by atoms with Crippen molar-refractivity contribution in [3.8, 4) is 0 Å². The lowest BCUT2D eigenvalue weighted by Gasteiger charge is -2.16. The highest BCUT2D eigenvalue weighted by Gasteiger charge is 2.18. The molecule has 6 nitrogen and oxygen atoms in total. The van der Waals surface area contributed by atoms with Gasteiger partial charge in [0, 0.05) is 22.6 Å². The van der Waals surface area contributed by atoms with Gasteiger partial charge in [-0.05, 0) is 36.4 Å². The van der Waals surface area contributed by atoms with Gasteiger partial charge in [0.05, 0.1) is 12.4 Å². The van der Waals surface area contributed by atoms with E-state index in [2.05, 4.69) is 10.6 Å². The molecule has 0 saturated carbocycles. The lowest BCUT2D eigenvalue weighted by Crippen LogP contribution is -2.92. The smallest absolute Gasteiger partial charge is 0.230 e. The maximum absolute atomic E-state index is 12.3. The minimum atomic E-state index is -1.25. The highest BCUT2D eigenvalue weighted by atomic mass is 16.4. The Labute approximate surface area is 169 Å². The molecule has 0 unspecified atom stereocenters. The summed E-state index contributed by atoms with van der Waals surface area (Å²) in [5, 5.41) is 19.0. The maximum Gasteiger partial charge on any atom is 0.230 e. The van der Waals surface area contributed by atoms with Gasteiger partial charge in [-0.25, -0.2) is 0 Å². The molecule has 3 aromatic rings. The normalized spacial score (nSPS) is 11.4. The van der Waals surface area contributed by atoms with Crippen molar-refractivity contribution in [2.45, 2.75) is 19.0 Å².